The fraction of sp³-hybridized carbons (Fsp3) is 0.370. The second kappa shape index (κ2) is 22.6. The molecule has 336 valence electrons. The third-order valence-electron chi connectivity index (χ3n) is 10.1. The Morgan fingerprint density at radius 2 is 1.46 bits per heavy atom. The molecule has 3 aromatic carbocycles. The minimum absolute atomic E-state index is 0.0175. The van der Waals surface area contributed by atoms with Gasteiger partial charge in [0.1, 0.15) is 35.5 Å². The summed E-state index contributed by atoms with van der Waals surface area (Å²) in [6.07, 6.45) is 3.49. The summed E-state index contributed by atoms with van der Waals surface area (Å²) in [6.45, 7) is 5.19. The van der Waals surface area contributed by atoms with Crippen LogP contribution in [0.4, 0.5) is 4.79 Å². The van der Waals surface area contributed by atoms with Crippen molar-refractivity contribution in [2.45, 2.75) is 89.1 Å². The Morgan fingerprint density at radius 3 is 2.11 bits per heavy atom. The number of likely N-dealkylation sites (N-methyl/N-ethyl adjacent to an activating group) is 2. The zero-order valence-electron chi connectivity index (χ0n) is 36.1. The molecular formula is C46H57N7O10. The molecule has 1 unspecified atom stereocenters. The van der Waals surface area contributed by atoms with Crippen LogP contribution >= 0.6 is 0 Å². The number of unbranched alkanes of at least 4 members (excludes halogenated alkanes) is 1. The number of aromatic nitrogens is 1. The average molecular weight is 868 g/mol. The number of amides is 6. The minimum atomic E-state index is -1.63. The zero-order chi connectivity index (χ0) is 46.3. The quantitative estimate of drug-likeness (QED) is 0.0473. The number of aromatic hydroxyl groups is 1. The van der Waals surface area contributed by atoms with E-state index in [1.54, 1.807) is 75.5 Å². The molecule has 8 N–H and O–H groups in total. The van der Waals surface area contributed by atoms with E-state index >= 15 is 0 Å². The van der Waals surface area contributed by atoms with Gasteiger partial charge in [0.05, 0.1) is 6.42 Å². The first-order chi connectivity index (χ1) is 29.8. The number of para-hydroxylation sites is 1. The van der Waals surface area contributed by atoms with Crippen molar-refractivity contribution in [2.24, 2.45) is 5.73 Å². The Morgan fingerprint density at radius 1 is 0.810 bits per heavy atom. The van der Waals surface area contributed by atoms with Gasteiger partial charge in [-0.2, -0.15) is 0 Å². The Kier molecular flexibility index (Phi) is 17.4. The molecule has 0 saturated carbocycles. The predicted molar refractivity (Wildman–Crippen MR) is 236 cm³/mol. The van der Waals surface area contributed by atoms with Gasteiger partial charge < -0.3 is 51.4 Å². The van der Waals surface area contributed by atoms with Crippen LogP contribution in [-0.2, 0) is 46.3 Å². The number of phenols is 1. The van der Waals surface area contributed by atoms with Gasteiger partial charge >= 0.3 is 12.1 Å². The summed E-state index contributed by atoms with van der Waals surface area (Å²) in [7, 11) is 2.54. The van der Waals surface area contributed by atoms with E-state index in [-0.39, 0.29) is 38.0 Å². The summed E-state index contributed by atoms with van der Waals surface area (Å²) in [5, 5.41) is 28.4. The number of carbonyl (C=O) groups excluding carboxylic acids is 6. The van der Waals surface area contributed by atoms with Gasteiger partial charge in [-0.15, -0.1) is 0 Å². The number of carboxylic acid groups (broad SMARTS) is 1. The molecule has 4 rings (SSSR count). The van der Waals surface area contributed by atoms with Crippen LogP contribution in [-0.4, -0.2) is 117 Å². The molecule has 0 radical (unpaired) electrons. The van der Waals surface area contributed by atoms with Crippen LogP contribution < -0.4 is 21.7 Å². The Balaban J connectivity index is 1.59. The number of nitrogens with one attached hydrogen (secondary N) is 4. The number of H-pyrrole nitrogens is 1. The summed E-state index contributed by atoms with van der Waals surface area (Å²) >= 11 is 0. The van der Waals surface area contributed by atoms with Crippen LogP contribution in [0.1, 0.15) is 63.1 Å². The van der Waals surface area contributed by atoms with Crippen molar-refractivity contribution in [3.63, 3.8) is 0 Å². The monoisotopic (exact) mass is 867 g/mol. The van der Waals surface area contributed by atoms with Crippen molar-refractivity contribution in [3.05, 3.63) is 108 Å². The normalized spacial score (nSPS) is 13.3. The fourth-order valence-electron chi connectivity index (χ4n) is 6.82. The van der Waals surface area contributed by atoms with E-state index in [2.05, 4.69) is 20.9 Å². The number of nitrogens with zero attached hydrogens (tertiary/aromatic N) is 2. The number of carbonyl (C=O) groups is 7. The van der Waals surface area contributed by atoms with E-state index < -0.39 is 77.8 Å². The lowest BCUT2D eigenvalue weighted by Gasteiger charge is -2.35. The number of aromatic amines is 1. The number of fused-ring (bicyclic) bond motifs is 1. The molecule has 0 aliphatic carbocycles. The number of alkyl carbamates (subject to hydrolysis) is 1. The number of aliphatic carboxylic acids is 1. The second-order valence-corrected chi connectivity index (χ2v) is 16.2. The number of hydrogen-bond donors (Lipinski definition) is 7. The molecule has 4 aromatic rings. The highest BCUT2D eigenvalue weighted by Crippen LogP contribution is 2.21. The van der Waals surface area contributed by atoms with Crippen LogP contribution in [0.5, 0.6) is 5.75 Å². The first kappa shape index (κ1) is 48.5. The van der Waals surface area contributed by atoms with Gasteiger partial charge in [0.2, 0.25) is 29.5 Å². The largest absolute Gasteiger partial charge is 0.508 e. The maximum atomic E-state index is 14.5. The van der Waals surface area contributed by atoms with E-state index in [0.717, 1.165) is 20.7 Å². The van der Waals surface area contributed by atoms with Crippen molar-refractivity contribution in [1.82, 2.24) is 30.7 Å². The highest BCUT2D eigenvalue weighted by molar-refractivity contribution is 5.97. The van der Waals surface area contributed by atoms with Crippen molar-refractivity contribution >= 4 is 58.6 Å². The Labute approximate surface area is 366 Å². The molecule has 17 nitrogen and oxygen atoms in total. The van der Waals surface area contributed by atoms with Gasteiger partial charge in [0.25, 0.3) is 0 Å². The molecule has 0 spiro atoms. The van der Waals surface area contributed by atoms with Crippen LogP contribution in [0.15, 0.2) is 91.1 Å². The van der Waals surface area contributed by atoms with Gasteiger partial charge in [-0.1, -0.05) is 60.7 Å². The van der Waals surface area contributed by atoms with Gasteiger partial charge in [-0.3, -0.25) is 28.8 Å². The number of carboxylic acids is 1. The number of phenolic OH excluding ortho intramolecular Hbond substituents is 1. The number of benzene rings is 3. The number of primary amides is 1. The fourth-order valence-corrected chi connectivity index (χ4v) is 6.82. The lowest BCUT2D eigenvalue weighted by Crippen LogP contribution is -2.59. The minimum Gasteiger partial charge on any atom is -0.508 e. The summed E-state index contributed by atoms with van der Waals surface area (Å²) in [5.74, 6) is -5.00. The number of hydrogen-bond acceptors (Lipinski definition) is 9. The molecular weight excluding hydrogens is 811 g/mol. The van der Waals surface area contributed by atoms with E-state index in [1.807, 2.05) is 24.3 Å². The van der Waals surface area contributed by atoms with Gasteiger partial charge in [0, 0.05) is 56.7 Å². The molecule has 1 aromatic heterocycles. The maximum absolute atomic E-state index is 14.5. The highest BCUT2D eigenvalue weighted by atomic mass is 16.6. The smallest absolute Gasteiger partial charge is 0.408 e. The number of nitrogens with two attached hydrogens (primary N) is 1. The summed E-state index contributed by atoms with van der Waals surface area (Å²) in [6, 6.07) is 17.0. The zero-order valence-corrected chi connectivity index (χ0v) is 36.1. The van der Waals surface area contributed by atoms with Crippen molar-refractivity contribution in [3.8, 4) is 5.75 Å². The maximum Gasteiger partial charge on any atom is 0.408 e. The van der Waals surface area contributed by atoms with Crippen LogP contribution in [0.25, 0.3) is 17.0 Å². The summed E-state index contributed by atoms with van der Waals surface area (Å²) < 4.78 is 5.47. The van der Waals surface area contributed by atoms with Crippen LogP contribution in [0, 0.1) is 0 Å². The predicted octanol–water partition coefficient (Wildman–Crippen LogP) is 3.65. The third kappa shape index (κ3) is 15.1. The van der Waals surface area contributed by atoms with Crippen molar-refractivity contribution in [1.29, 1.82) is 0 Å². The first-order valence-electron chi connectivity index (χ1n) is 20.5. The Bertz CT molecular complexity index is 2250. The van der Waals surface area contributed by atoms with E-state index in [4.69, 9.17) is 10.5 Å². The molecule has 0 fully saturated rings. The molecule has 0 aliphatic heterocycles. The third-order valence-corrected chi connectivity index (χ3v) is 10.1. The van der Waals surface area contributed by atoms with Gasteiger partial charge in [-0.05, 0) is 81.0 Å². The molecule has 0 aliphatic rings. The SMILES string of the molecule is CN(C(=O)[C@H](CCCCNC(=O)/C=C/c1ccc(O)cc1)NC(=O)C(Cc1c[nH]c2ccccc12)NC(=O)OC(C)(C)C)[C@@H](CC(=O)O)C(=O)N(C)[C@@H](Cc1ccccc1)C(N)=O. The van der Waals surface area contributed by atoms with E-state index in [9.17, 15) is 43.8 Å². The summed E-state index contributed by atoms with van der Waals surface area (Å²) in [5.41, 5.74) is 7.69. The van der Waals surface area contributed by atoms with Crippen molar-refractivity contribution in [2.75, 3.05) is 20.6 Å². The van der Waals surface area contributed by atoms with E-state index in [1.165, 1.54) is 32.3 Å². The summed E-state index contributed by atoms with van der Waals surface area (Å²) in [4.78, 5) is 98.5. The van der Waals surface area contributed by atoms with Crippen LogP contribution in [0.2, 0.25) is 0 Å². The standard InChI is InChI=1S/C46H57N7O10/c1-46(2,3)63-45(62)51-36(26-31-28-49-34-16-10-9-15-33(31)34)42(59)50-35(17-11-12-24-48-39(55)23-20-29-18-21-32(54)22-19-29)43(60)53(5)38(27-40(56)57)44(61)52(4)37(41(47)58)25-30-13-7-6-8-14-30/h6-10,13-16,18-23,28,35-38,49,54H,11-12,17,24-27H2,1-5H3,(H2,47,58)(H,48,55)(H,50,59)(H,51,62)(H,56,57)/b23-20+/t35-,36?,37-,38-/m0/s1. The molecule has 4 atom stereocenters. The lowest BCUT2D eigenvalue weighted by atomic mass is 10.0. The number of ether oxygens (including phenoxy) is 1. The molecule has 0 bridgehead atoms. The van der Waals surface area contributed by atoms with Gasteiger partial charge in [0.15, 0.2) is 0 Å². The lowest BCUT2D eigenvalue weighted by molar-refractivity contribution is -0.152. The Hall–Kier alpha value is -7.17. The molecule has 1 heterocycles. The molecule has 0 saturated heterocycles. The second-order valence-electron chi connectivity index (χ2n) is 16.2. The highest BCUT2D eigenvalue weighted by Gasteiger charge is 2.38. The molecule has 6 amide bonds. The van der Waals surface area contributed by atoms with Gasteiger partial charge in [-0.25, -0.2) is 4.79 Å². The van der Waals surface area contributed by atoms with E-state index in [0.29, 0.717) is 23.1 Å². The first-order valence-corrected chi connectivity index (χ1v) is 20.5. The van der Waals surface area contributed by atoms with Crippen molar-refractivity contribution < 1.29 is 48.5 Å². The topological polar surface area (TPSA) is 254 Å². The van der Waals surface area contributed by atoms with Crippen LogP contribution in [0.3, 0.4) is 0 Å². The molecule has 63 heavy (non-hydrogen) atoms. The molecule has 17 heteroatoms. The average Bonchev–Trinajstić information content (AvgIpc) is 3.64. The number of rotatable bonds is 21.